The molecule has 0 saturated carbocycles. The number of hydrogen-bond donors (Lipinski definition) is 0. The Labute approximate surface area is 77.1 Å². The molecule has 1 aliphatic carbocycles. The number of hydrogen-bond acceptors (Lipinski definition) is 0. The molecule has 0 spiro atoms. The molecule has 0 amide bonds. The Balaban J connectivity index is 3.22. The summed E-state index contributed by atoms with van der Waals surface area (Å²) in [7, 11) is 0. The molecule has 70 valence electrons. The first kappa shape index (κ1) is 9.83. The Bertz CT molecular complexity index is 204. The van der Waals surface area contributed by atoms with Crippen molar-refractivity contribution < 1.29 is 0 Å². The van der Waals surface area contributed by atoms with Crippen molar-refractivity contribution in [3.8, 4) is 0 Å². The van der Waals surface area contributed by atoms with Crippen LogP contribution in [0.2, 0.25) is 0 Å². The molecule has 0 heteroatoms. The van der Waals surface area contributed by atoms with Crippen molar-refractivity contribution in [2.24, 2.45) is 16.7 Å². The first-order chi connectivity index (χ1) is 5.22. The average molecular weight is 166 g/mol. The molecular weight excluding hydrogens is 144 g/mol. The van der Waals surface area contributed by atoms with E-state index in [2.05, 4.69) is 48.5 Å². The molecule has 0 unspecified atom stereocenters. The van der Waals surface area contributed by atoms with Crippen molar-refractivity contribution in [1.82, 2.24) is 0 Å². The van der Waals surface area contributed by atoms with Crippen LogP contribution in [0.5, 0.6) is 0 Å². The van der Waals surface area contributed by atoms with E-state index in [1.807, 2.05) is 0 Å². The largest absolute Gasteiger partial charge is 0.0679 e. The third-order valence-corrected chi connectivity index (χ3v) is 4.66. The van der Waals surface area contributed by atoms with E-state index in [1.54, 1.807) is 11.1 Å². The summed E-state index contributed by atoms with van der Waals surface area (Å²) >= 11 is 0. The van der Waals surface area contributed by atoms with E-state index in [0.717, 1.165) is 5.92 Å². The maximum Gasteiger partial charge on any atom is -0.0111 e. The molecule has 0 aromatic heterocycles. The van der Waals surface area contributed by atoms with Crippen LogP contribution in [-0.2, 0) is 0 Å². The van der Waals surface area contributed by atoms with Gasteiger partial charge in [0, 0.05) is 0 Å². The predicted molar refractivity (Wildman–Crippen MR) is 55.1 cm³/mol. The van der Waals surface area contributed by atoms with Gasteiger partial charge in [-0.25, -0.2) is 0 Å². The first-order valence-corrected chi connectivity index (χ1v) is 4.90. The van der Waals surface area contributed by atoms with E-state index >= 15 is 0 Å². The summed E-state index contributed by atoms with van der Waals surface area (Å²) in [6, 6.07) is 0. The highest BCUT2D eigenvalue weighted by molar-refractivity contribution is 5.31. The van der Waals surface area contributed by atoms with Gasteiger partial charge in [-0.1, -0.05) is 45.8 Å². The van der Waals surface area contributed by atoms with Crippen LogP contribution in [0.15, 0.2) is 11.1 Å². The molecular formula is C12H22. The van der Waals surface area contributed by atoms with E-state index in [1.165, 1.54) is 0 Å². The fraction of sp³-hybridized carbons (Fsp3) is 0.833. The van der Waals surface area contributed by atoms with E-state index in [4.69, 9.17) is 0 Å². The van der Waals surface area contributed by atoms with Crippen molar-refractivity contribution in [2.45, 2.75) is 48.5 Å². The molecule has 0 aromatic carbocycles. The summed E-state index contributed by atoms with van der Waals surface area (Å²) in [5, 5.41) is 0. The Morgan fingerprint density at radius 2 is 1.08 bits per heavy atom. The fourth-order valence-corrected chi connectivity index (χ4v) is 2.52. The molecule has 0 saturated heterocycles. The van der Waals surface area contributed by atoms with E-state index in [-0.39, 0.29) is 0 Å². The van der Waals surface area contributed by atoms with E-state index in [9.17, 15) is 0 Å². The second-order valence-corrected chi connectivity index (χ2v) is 5.42. The topological polar surface area (TPSA) is 0 Å². The molecule has 1 aliphatic rings. The maximum atomic E-state index is 2.38. The van der Waals surface area contributed by atoms with Gasteiger partial charge in [-0.2, -0.15) is 0 Å². The minimum absolute atomic E-state index is 0.396. The van der Waals surface area contributed by atoms with Crippen LogP contribution in [0, 0.1) is 16.7 Å². The van der Waals surface area contributed by atoms with Gasteiger partial charge in [0.25, 0.3) is 0 Å². The molecule has 0 nitrogen and oxygen atoms in total. The molecule has 12 heavy (non-hydrogen) atoms. The summed E-state index contributed by atoms with van der Waals surface area (Å²) in [5.74, 6) is 0.755. The minimum atomic E-state index is 0.396. The van der Waals surface area contributed by atoms with Crippen LogP contribution in [0.25, 0.3) is 0 Å². The number of allylic oxidation sites excluding steroid dienone is 2. The van der Waals surface area contributed by atoms with Crippen molar-refractivity contribution in [2.75, 3.05) is 0 Å². The Morgan fingerprint density at radius 3 is 1.17 bits per heavy atom. The van der Waals surface area contributed by atoms with Gasteiger partial charge in [-0.05, 0) is 30.6 Å². The van der Waals surface area contributed by atoms with Crippen LogP contribution in [0.3, 0.4) is 0 Å². The van der Waals surface area contributed by atoms with Crippen molar-refractivity contribution in [1.29, 1.82) is 0 Å². The summed E-state index contributed by atoms with van der Waals surface area (Å²) < 4.78 is 0. The third kappa shape index (κ3) is 0.967. The average Bonchev–Trinajstić information content (AvgIpc) is 2.06. The van der Waals surface area contributed by atoms with Crippen LogP contribution >= 0.6 is 0 Å². The molecule has 0 radical (unpaired) electrons. The van der Waals surface area contributed by atoms with Crippen LogP contribution < -0.4 is 0 Å². The van der Waals surface area contributed by atoms with Crippen LogP contribution in [-0.4, -0.2) is 0 Å². The summed E-state index contributed by atoms with van der Waals surface area (Å²) in [6.07, 6.45) is 0. The van der Waals surface area contributed by atoms with Crippen LogP contribution in [0.4, 0.5) is 0 Å². The van der Waals surface area contributed by atoms with Gasteiger partial charge in [0.15, 0.2) is 0 Å². The molecule has 0 fully saturated rings. The third-order valence-electron chi connectivity index (χ3n) is 4.66. The van der Waals surface area contributed by atoms with Gasteiger partial charge in [-0.15, -0.1) is 0 Å². The predicted octanol–water partition coefficient (Wildman–Crippen LogP) is 4.02. The van der Waals surface area contributed by atoms with Gasteiger partial charge in [-0.3, -0.25) is 0 Å². The lowest BCUT2D eigenvalue weighted by molar-refractivity contribution is 0.189. The maximum absolute atomic E-state index is 2.38. The number of rotatable bonds is 0. The second kappa shape index (κ2) is 2.37. The van der Waals surface area contributed by atoms with Gasteiger partial charge in [0.2, 0.25) is 0 Å². The second-order valence-electron chi connectivity index (χ2n) is 5.42. The lowest BCUT2D eigenvalue weighted by Crippen LogP contribution is -2.27. The fourth-order valence-electron chi connectivity index (χ4n) is 2.52. The van der Waals surface area contributed by atoms with Gasteiger partial charge < -0.3 is 0 Å². The Morgan fingerprint density at radius 1 is 0.833 bits per heavy atom. The van der Waals surface area contributed by atoms with Crippen LogP contribution in [0.1, 0.15) is 48.5 Å². The minimum Gasteiger partial charge on any atom is -0.0679 e. The smallest absolute Gasteiger partial charge is 0.0111 e. The SMILES string of the molecule is CC1=C(C)C(C)(C)C(C)C1(C)C. The molecule has 0 atom stereocenters. The summed E-state index contributed by atoms with van der Waals surface area (Å²) in [4.78, 5) is 0. The zero-order chi connectivity index (χ0) is 9.73. The monoisotopic (exact) mass is 166 g/mol. The Hall–Kier alpha value is -0.260. The van der Waals surface area contributed by atoms with Gasteiger partial charge >= 0.3 is 0 Å². The Kier molecular flexibility index (Phi) is 1.94. The highest BCUT2D eigenvalue weighted by Gasteiger charge is 2.46. The van der Waals surface area contributed by atoms with Crippen molar-refractivity contribution >= 4 is 0 Å². The highest BCUT2D eigenvalue weighted by atomic mass is 14.5. The molecule has 0 heterocycles. The van der Waals surface area contributed by atoms with E-state index in [0.29, 0.717) is 10.8 Å². The summed E-state index contributed by atoms with van der Waals surface area (Å²) in [5.41, 5.74) is 3.99. The molecule has 0 aromatic rings. The zero-order valence-corrected chi connectivity index (χ0v) is 9.58. The first-order valence-electron chi connectivity index (χ1n) is 4.90. The van der Waals surface area contributed by atoms with Gasteiger partial charge in [0.05, 0.1) is 0 Å². The van der Waals surface area contributed by atoms with Crippen molar-refractivity contribution in [3.05, 3.63) is 11.1 Å². The highest BCUT2D eigenvalue weighted by Crippen LogP contribution is 2.56. The lowest BCUT2D eigenvalue weighted by Gasteiger charge is -2.34. The van der Waals surface area contributed by atoms with Gasteiger partial charge in [0.1, 0.15) is 0 Å². The molecule has 0 aliphatic heterocycles. The quantitative estimate of drug-likeness (QED) is 0.477. The van der Waals surface area contributed by atoms with E-state index < -0.39 is 0 Å². The molecule has 0 bridgehead atoms. The standard InChI is InChI=1S/C12H22/c1-8-9(2)12(6,7)10(3)11(8,4)5/h10H,1-7H3. The zero-order valence-electron chi connectivity index (χ0n) is 9.58. The molecule has 1 rings (SSSR count). The van der Waals surface area contributed by atoms with Crippen molar-refractivity contribution in [3.63, 3.8) is 0 Å². The lowest BCUT2D eigenvalue weighted by atomic mass is 9.70. The normalized spacial score (nSPS) is 28.2. The molecule has 0 N–H and O–H groups in total. The summed E-state index contributed by atoms with van der Waals surface area (Å²) in [6.45, 7) is 16.4.